The second-order valence-corrected chi connectivity index (χ2v) is 7.42. The number of carbonyl (C=O) groups is 2. The van der Waals surface area contributed by atoms with E-state index in [9.17, 15) is 9.59 Å². The summed E-state index contributed by atoms with van der Waals surface area (Å²) >= 11 is 1.43. The van der Waals surface area contributed by atoms with Crippen LogP contribution in [0.3, 0.4) is 0 Å². The van der Waals surface area contributed by atoms with Crippen LogP contribution in [0.5, 0.6) is 0 Å². The number of aryl methyl sites for hydroxylation is 1. The Morgan fingerprint density at radius 1 is 1.15 bits per heavy atom. The normalized spacial score (nSPS) is 11.5. The lowest BCUT2D eigenvalue weighted by Gasteiger charge is -2.13. The van der Waals surface area contributed by atoms with Crippen molar-refractivity contribution in [3.63, 3.8) is 0 Å². The van der Waals surface area contributed by atoms with Gasteiger partial charge in [-0.2, -0.15) is 5.10 Å². The minimum Gasteiger partial charge on any atom is -0.326 e. The van der Waals surface area contributed by atoms with Crippen molar-refractivity contribution in [1.82, 2.24) is 5.43 Å². The molecule has 5 nitrogen and oxygen atoms in total. The van der Waals surface area contributed by atoms with E-state index >= 15 is 0 Å². The van der Waals surface area contributed by atoms with E-state index in [0.29, 0.717) is 10.6 Å². The molecule has 6 heteroatoms. The molecular weight excluding hydrogens is 346 g/mol. The van der Waals surface area contributed by atoms with E-state index in [1.165, 1.54) is 11.3 Å². The number of hydrazone groups is 1. The van der Waals surface area contributed by atoms with Gasteiger partial charge in [0.1, 0.15) is 0 Å². The third-order valence-corrected chi connectivity index (χ3v) is 5.19. The van der Waals surface area contributed by atoms with E-state index in [1.807, 2.05) is 58.0 Å². The summed E-state index contributed by atoms with van der Waals surface area (Å²) in [5.41, 5.74) is 4.82. The lowest BCUT2D eigenvalue weighted by molar-refractivity contribution is -0.120. The van der Waals surface area contributed by atoms with Crippen molar-refractivity contribution in [1.29, 1.82) is 0 Å². The van der Waals surface area contributed by atoms with Crippen LogP contribution in [0.25, 0.3) is 0 Å². The van der Waals surface area contributed by atoms with Crippen LogP contribution >= 0.6 is 11.3 Å². The number of nitrogens with one attached hydrogen (secondary N) is 2. The third-order valence-electron chi connectivity index (χ3n) is 4.19. The molecule has 1 aromatic carbocycles. The molecule has 2 N–H and O–H groups in total. The largest absolute Gasteiger partial charge is 0.326 e. The van der Waals surface area contributed by atoms with Crippen LogP contribution in [0.1, 0.15) is 53.7 Å². The third kappa shape index (κ3) is 5.26. The molecule has 0 bridgehead atoms. The minimum absolute atomic E-state index is 0.0157. The van der Waals surface area contributed by atoms with E-state index in [0.717, 1.165) is 29.0 Å². The van der Waals surface area contributed by atoms with Crippen molar-refractivity contribution >= 4 is 34.6 Å². The number of amides is 2. The van der Waals surface area contributed by atoms with Gasteiger partial charge in [0.15, 0.2) is 0 Å². The molecule has 138 valence electrons. The molecule has 1 aromatic heterocycles. The molecular formula is C20H25N3O2S. The Hall–Kier alpha value is -2.47. The number of nitrogens with zero attached hydrogens (tertiary/aromatic N) is 1. The summed E-state index contributed by atoms with van der Waals surface area (Å²) in [4.78, 5) is 26.0. The predicted octanol–water partition coefficient (Wildman–Crippen LogP) is 4.59. The van der Waals surface area contributed by atoms with Gasteiger partial charge in [0.2, 0.25) is 5.91 Å². The first-order valence-corrected chi connectivity index (χ1v) is 9.58. The van der Waals surface area contributed by atoms with E-state index in [-0.39, 0.29) is 17.7 Å². The quantitative estimate of drug-likeness (QED) is 0.552. The van der Waals surface area contributed by atoms with Crippen molar-refractivity contribution in [3.05, 3.63) is 51.7 Å². The number of thiophene rings is 1. The molecule has 26 heavy (non-hydrogen) atoms. The Labute approximate surface area is 158 Å². The Morgan fingerprint density at radius 3 is 2.50 bits per heavy atom. The van der Waals surface area contributed by atoms with Gasteiger partial charge < -0.3 is 5.32 Å². The molecule has 0 aliphatic rings. The molecule has 0 unspecified atom stereocenters. The maximum absolute atomic E-state index is 12.2. The Balaban J connectivity index is 2.06. The highest BCUT2D eigenvalue weighted by Gasteiger charge is 2.14. The predicted molar refractivity (Wildman–Crippen MR) is 108 cm³/mol. The van der Waals surface area contributed by atoms with Gasteiger partial charge in [-0.25, -0.2) is 5.43 Å². The van der Waals surface area contributed by atoms with Gasteiger partial charge in [0.05, 0.1) is 10.6 Å². The molecule has 1 heterocycles. The maximum Gasteiger partial charge on any atom is 0.281 e. The van der Waals surface area contributed by atoms with E-state index in [2.05, 4.69) is 15.8 Å². The number of benzene rings is 1. The lowest BCUT2D eigenvalue weighted by atomic mass is 10.0. The summed E-state index contributed by atoms with van der Waals surface area (Å²) in [6.45, 7) is 7.80. The maximum atomic E-state index is 12.2. The van der Waals surface area contributed by atoms with Gasteiger partial charge in [0, 0.05) is 16.5 Å². The van der Waals surface area contributed by atoms with Crippen molar-refractivity contribution in [2.45, 2.75) is 40.5 Å². The summed E-state index contributed by atoms with van der Waals surface area (Å²) in [7, 11) is 0. The van der Waals surface area contributed by atoms with Gasteiger partial charge in [0.25, 0.3) is 5.91 Å². The molecule has 0 atom stereocenters. The van der Waals surface area contributed by atoms with Crippen molar-refractivity contribution in [2.75, 3.05) is 5.32 Å². The molecule has 0 aliphatic heterocycles. The Bertz CT molecular complexity index is 807. The molecule has 2 amide bonds. The molecule has 0 spiro atoms. The first-order valence-electron chi connectivity index (χ1n) is 8.77. The first kappa shape index (κ1) is 19.8. The van der Waals surface area contributed by atoms with Crippen LogP contribution in [-0.4, -0.2) is 17.5 Å². The van der Waals surface area contributed by atoms with Crippen molar-refractivity contribution < 1.29 is 9.59 Å². The molecule has 0 aliphatic carbocycles. The zero-order chi connectivity index (χ0) is 19.1. The summed E-state index contributed by atoms with van der Waals surface area (Å²) in [5.74, 6) is -0.175. The minimum atomic E-state index is -0.222. The Kier molecular flexibility index (Phi) is 7.09. The summed E-state index contributed by atoms with van der Waals surface area (Å²) < 4.78 is 0. The smallest absolute Gasteiger partial charge is 0.281 e. The number of rotatable bonds is 7. The van der Waals surface area contributed by atoms with Crippen LogP contribution < -0.4 is 10.7 Å². The molecule has 2 rings (SSSR count). The van der Waals surface area contributed by atoms with Gasteiger partial charge in [-0.15, -0.1) is 11.3 Å². The van der Waals surface area contributed by atoms with Crippen LogP contribution in [0.4, 0.5) is 5.69 Å². The molecule has 0 saturated heterocycles. The zero-order valence-electron chi connectivity index (χ0n) is 15.6. The first-order chi connectivity index (χ1) is 12.4. The van der Waals surface area contributed by atoms with Crippen molar-refractivity contribution in [3.8, 4) is 0 Å². The highest BCUT2D eigenvalue weighted by atomic mass is 32.1. The highest BCUT2D eigenvalue weighted by Crippen LogP contribution is 2.16. The molecule has 2 aromatic rings. The lowest BCUT2D eigenvalue weighted by Crippen LogP contribution is -2.21. The monoisotopic (exact) mass is 371 g/mol. The van der Waals surface area contributed by atoms with Gasteiger partial charge >= 0.3 is 0 Å². The SMILES string of the molecule is CCC(CC)C(=O)Nc1cccc(/C(C)=N/NC(=O)c2ccc(C)s2)c1. The zero-order valence-corrected chi connectivity index (χ0v) is 16.4. The average Bonchev–Trinajstić information content (AvgIpc) is 3.07. The summed E-state index contributed by atoms with van der Waals surface area (Å²) in [6, 6.07) is 11.2. The second-order valence-electron chi connectivity index (χ2n) is 6.13. The van der Waals surface area contributed by atoms with E-state index in [4.69, 9.17) is 0 Å². The number of hydrogen-bond donors (Lipinski definition) is 2. The topological polar surface area (TPSA) is 70.6 Å². The fraction of sp³-hybridized carbons (Fsp3) is 0.350. The highest BCUT2D eigenvalue weighted by molar-refractivity contribution is 7.13. The van der Waals surface area contributed by atoms with Crippen LogP contribution in [0, 0.1) is 12.8 Å². The van der Waals surface area contributed by atoms with Gasteiger partial charge in [-0.1, -0.05) is 26.0 Å². The number of hydrogen-bond acceptors (Lipinski definition) is 4. The van der Waals surface area contributed by atoms with Gasteiger partial charge in [-0.3, -0.25) is 9.59 Å². The average molecular weight is 372 g/mol. The summed E-state index contributed by atoms with van der Waals surface area (Å²) in [6.07, 6.45) is 1.63. The van der Waals surface area contributed by atoms with E-state index in [1.54, 1.807) is 6.07 Å². The summed E-state index contributed by atoms with van der Waals surface area (Å²) in [5, 5.41) is 7.13. The standard InChI is InChI=1S/C20H25N3O2S/c1-5-15(6-2)19(24)21-17-9-7-8-16(12-17)14(4)22-23-20(25)18-11-10-13(3)26-18/h7-12,15H,5-6H2,1-4H3,(H,21,24)(H,23,25)/b22-14+. The molecule has 0 fully saturated rings. The van der Waals surface area contributed by atoms with Gasteiger partial charge in [-0.05, 0) is 56.5 Å². The fourth-order valence-corrected chi connectivity index (χ4v) is 3.29. The fourth-order valence-electron chi connectivity index (χ4n) is 2.54. The number of carbonyl (C=O) groups excluding carboxylic acids is 2. The van der Waals surface area contributed by atoms with Crippen LogP contribution in [0.2, 0.25) is 0 Å². The van der Waals surface area contributed by atoms with Crippen molar-refractivity contribution in [2.24, 2.45) is 11.0 Å². The number of anilines is 1. The molecule has 0 radical (unpaired) electrons. The van der Waals surface area contributed by atoms with Crippen LogP contribution in [-0.2, 0) is 4.79 Å². The van der Waals surface area contributed by atoms with E-state index < -0.39 is 0 Å². The van der Waals surface area contributed by atoms with Crippen LogP contribution in [0.15, 0.2) is 41.5 Å². The molecule has 0 saturated carbocycles. The second kappa shape index (κ2) is 9.29. The Morgan fingerprint density at radius 2 is 1.88 bits per heavy atom.